The van der Waals surface area contributed by atoms with Crippen LogP contribution in [-0.2, 0) is 19.6 Å². The summed E-state index contributed by atoms with van der Waals surface area (Å²) in [6.07, 6.45) is 5.61. The lowest BCUT2D eigenvalue weighted by atomic mass is 9.83. The molecule has 1 heterocycles. The number of nitrogens with zero attached hydrogens (tertiary/aromatic N) is 1. The quantitative estimate of drug-likeness (QED) is 0.694. The van der Waals surface area contributed by atoms with Gasteiger partial charge in [0.05, 0.1) is 37.7 Å². The predicted molar refractivity (Wildman–Crippen MR) is 111 cm³/mol. The van der Waals surface area contributed by atoms with Crippen LogP contribution >= 0.6 is 0 Å². The van der Waals surface area contributed by atoms with Gasteiger partial charge in [0.15, 0.2) is 0 Å². The number of benzene rings is 1. The maximum atomic E-state index is 12.2. The summed E-state index contributed by atoms with van der Waals surface area (Å²) in [6, 6.07) is 9.26. The molecule has 8 heteroatoms. The topological polar surface area (TPSA) is 95.9 Å². The summed E-state index contributed by atoms with van der Waals surface area (Å²) in [7, 11) is -3.43. The van der Waals surface area contributed by atoms with Gasteiger partial charge >= 0.3 is 0 Å². The molecule has 0 radical (unpaired) electrons. The van der Waals surface area contributed by atoms with Crippen LogP contribution in [0.3, 0.4) is 0 Å². The minimum absolute atomic E-state index is 0.107. The third kappa shape index (κ3) is 5.78. The van der Waals surface area contributed by atoms with E-state index in [0.717, 1.165) is 31.9 Å². The van der Waals surface area contributed by atoms with Crippen LogP contribution in [0.1, 0.15) is 50.5 Å². The molecule has 3 rings (SSSR count). The summed E-state index contributed by atoms with van der Waals surface area (Å²) in [5.41, 5.74) is 1.37. The van der Waals surface area contributed by atoms with Gasteiger partial charge in [-0.3, -0.25) is 4.79 Å². The molecule has 2 fully saturated rings. The van der Waals surface area contributed by atoms with E-state index in [1.54, 1.807) is 4.90 Å². The van der Waals surface area contributed by atoms with Gasteiger partial charge in [-0.1, -0.05) is 30.3 Å². The van der Waals surface area contributed by atoms with E-state index >= 15 is 0 Å². The zero-order valence-corrected chi connectivity index (χ0v) is 18.0. The van der Waals surface area contributed by atoms with E-state index in [1.165, 1.54) is 12.5 Å². The lowest BCUT2D eigenvalue weighted by molar-refractivity contribution is -0.134. The van der Waals surface area contributed by atoms with Gasteiger partial charge in [-0.25, -0.2) is 13.1 Å². The van der Waals surface area contributed by atoms with Crippen LogP contribution in [0.15, 0.2) is 30.3 Å². The average molecular weight is 425 g/mol. The minimum Gasteiger partial charge on any atom is -0.394 e. The van der Waals surface area contributed by atoms with E-state index in [2.05, 4.69) is 29.0 Å². The fourth-order valence-electron chi connectivity index (χ4n) is 4.80. The van der Waals surface area contributed by atoms with Crippen molar-refractivity contribution in [2.75, 3.05) is 19.5 Å². The fraction of sp³-hybridized carbons (Fsp3) is 0.667. The average Bonchev–Trinajstić information content (AvgIpc) is 3.03. The Balaban J connectivity index is 1.60. The van der Waals surface area contributed by atoms with E-state index in [1.807, 2.05) is 6.07 Å². The SMILES string of the molecule is CC(=O)N1[C@H](CO)C[C@H](NS(C)(=O)=O)[C@@H]1COC1CCC(c2ccccc2)CC1. The Morgan fingerprint density at radius 1 is 1.21 bits per heavy atom. The monoisotopic (exact) mass is 424 g/mol. The van der Waals surface area contributed by atoms with Gasteiger partial charge in [0.25, 0.3) is 0 Å². The van der Waals surface area contributed by atoms with Crippen molar-refractivity contribution in [2.45, 2.75) is 69.2 Å². The highest BCUT2D eigenvalue weighted by Gasteiger charge is 2.43. The lowest BCUT2D eigenvalue weighted by Gasteiger charge is -2.33. The van der Waals surface area contributed by atoms with Gasteiger partial charge in [0.1, 0.15) is 0 Å². The Morgan fingerprint density at radius 2 is 1.86 bits per heavy atom. The maximum absolute atomic E-state index is 12.2. The van der Waals surface area contributed by atoms with Crippen molar-refractivity contribution in [3.05, 3.63) is 35.9 Å². The second-order valence-corrected chi connectivity index (χ2v) is 10.1. The lowest BCUT2D eigenvalue weighted by Crippen LogP contribution is -2.50. The van der Waals surface area contributed by atoms with Crippen molar-refractivity contribution in [1.29, 1.82) is 0 Å². The first-order valence-corrected chi connectivity index (χ1v) is 12.2. The van der Waals surface area contributed by atoms with Crippen LogP contribution in [0.5, 0.6) is 0 Å². The van der Waals surface area contributed by atoms with E-state index in [0.29, 0.717) is 12.3 Å². The number of hydrogen-bond donors (Lipinski definition) is 2. The molecule has 2 aliphatic rings. The van der Waals surface area contributed by atoms with Gasteiger partial charge in [0, 0.05) is 13.0 Å². The molecule has 29 heavy (non-hydrogen) atoms. The molecule has 162 valence electrons. The van der Waals surface area contributed by atoms with E-state index in [9.17, 15) is 18.3 Å². The number of amides is 1. The van der Waals surface area contributed by atoms with E-state index in [-0.39, 0.29) is 25.2 Å². The minimum atomic E-state index is -3.43. The molecule has 1 saturated heterocycles. The largest absolute Gasteiger partial charge is 0.394 e. The number of carbonyl (C=O) groups excluding carboxylic acids is 1. The molecule has 0 spiro atoms. The van der Waals surface area contributed by atoms with E-state index < -0.39 is 28.1 Å². The molecule has 0 aromatic heterocycles. The van der Waals surface area contributed by atoms with Gasteiger partial charge in [0.2, 0.25) is 15.9 Å². The van der Waals surface area contributed by atoms with Crippen LogP contribution in [0.2, 0.25) is 0 Å². The van der Waals surface area contributed by atoms with Gasteiger partial charge in [-0.2, -0.15) is 0 Å². The van der Waals surface area contributed by atoms with Crippen LogP contribution in [-0.4, -0.2) is 68.0 Å². The Kier molecular flexibility index (Phi) is 7.32. The Bertz CT molecular complexity index is 778. The van der Waals surface area contributed by atoms with E-state index in [4.69, 9.17) is 4.74 Å². The third-order valence-corrected chi connectivity index (χ3v) is 6.86. The van der Waals surface area contributed by atoms with Crippen molar-refractivity contribution >= 4 is 15.9 Å². The first-order valence-electron chi connectivity index (χ1n) is 10.3. The molecule has 1 aliphatic carbocycles. The normalized spacial score (nSPS) is 30.4. The Hall–Kier alpha value is -1.48. The van der Waals surface area contributed by atoms with Crippen molar-refractivity contribution in [3.8, 4) is 0 Å². The standard InChI is InChI=1S/C21H32N2O5S/c1-15(25)23-18(13-24)12-20(22-29(2,26)27)21(23)14-28-19-10-8-17(9-11-19)16-6-4-3-5-7-16/h3-7,17-22,24H,8-14H2,1-2H3/t17?,18-,19?,20-,21-/m0/s1. The molecule has 1 aromatic rings. The Morgan fingerprint density at radius 3 is 2.41 bits per heavy atom. The number of nitrogens with one attached hydrogen (secondary N) is 1. The molecule has 3 atom stereocenters. The maximum Gasteiger partial charge on any atom is 0.220 e. The highest BCUT2D eigenvalue weighted by molar-refractivity contribution is 7.88. The predicted octanol–water partition coefficient (Wildman–Crippen LogP) is 1.63. The highest BCUT2D eigenvalue weighted by atomic mass is 32.2. The summed E-state index contributed by atoms with van der Waals surface area (Å²) in [6.45, 7) is 1.52. The van der Waals surface area contributed by atoms with Crippen molar-refractivity contribution in [2.24, 2.45) is 0 Å². The molecule has 1 saturated carbocycles. The molecule has 0 unspecified atom stereocenters. The second kappa shape index (κ2) is 9.55. The van der Waals surface area contributed by atoms with Crippen LogP contribution < -0.4 is 4.72 Å². The molecule has 1 amide bonds. The van der Waals surface area contributed by atoms with Crippen LogP contribution in [0, 0.1) is 0 Å². The molecular formula is C21H32N2O5S. The Labute approximate surface area is 173 Å². The number of rotatable bonds is 7. The smallest absolute Gasteiger partial charge is 0.220 e. The summed E-state index contributed by atoms with van der Waals surface area (Å²) in [5.74, 6) is 0.373. The van der Waals surface area contributed by atoms with Crippen molar-refractivity contribution in [1.82, 2.24) is 9.62 Å². The first-order chi connectivity index (χ1) is 13.8. The summed E-state index contributed by atoms with van der Waals surface area (Å²) >= 11 is 0. The zero-order valence-electron chi connectivity index (χ0n) is 17.2. The molecule has 1 aromatic carbocycles. The summed E-state index contributed by atoms with van der Waals surface area (Å²) in [4.78, 5) is 13.8. The fourth-order valence-corrected chi connectivity index (χ4v) is 5.61. The van der Waals surface area contributed by atoms with Gasteiger partial charge < -0.3 is 14.7 Å². The molecule has 7 nitrogen and oxygen atoms in total. The first kappa shape index (κ1) is 22.2. The number of hydrogen-bond acceptors (Lipinski definition) is 5. The number of likely N-dealkylation sites (tertiary alicyclic amines) is 1. The molecule has 1 aliphatic heterocycles. The molecular weight excluding hydrogens is 392 g/mol. The van der Waals surface area contributed by atoms with Crippen LogP contribution in [0.25, 0.3) is 0 Å². The number of carbonyl (C=O) groups is 1. The van der Waals surface area contributed by atoms with Crippen LogP contribution in [0.4, 0.5) is 0 Å². The van der Waals surface area contributed by atoms with Gasteiger partial charge in [-0.05, 0) is 43.6 Å². The third-order valence-electron chi connectivity index (χ3n) is 6.13. The summed E-state index contributed by atoms with van der Waals surface area (Å²) in [5, 5.41) is 9.66. The number of ether oxygens (including phenoxy) is 1. The number of aliphatic hydroxyl groups is 1. The van der Waals surface area contributed by atoms with Gasteiger partial charge in [-0.15, -0.1) is 0 Å². The molecule has 0 bridgehead atoms. The second-order valence-electron chi connectivity index (χ2n) is 8.28. The van der Waals surface area contributed by atoms with Crippen molar-refractivity contribution < 1.29 is 23.1 Å². The number of sulfonamides is 1. The zero-order chi connectivity index (χ0) is 21.0. The highest BCUT2D eigenvalue weighted by Crippen LogP contribution is 2.34. The number of aliphatic hydroxyl groups excluding tert-OH is 1. The summed E-state index contributed by atoms with van der Waals surface area (Å²) < 4.78 is 32.3. The molecule has 2 N–H and O–H groups in total. The van der Waals surface area contributed by atoms with Crippen molar-refractivity contribution in [3.63, 3.8) is 0 Å².